The molecule has 0 fully saturated rings. The van der Waals surface area contributed by atoms with Gasteiger partial charge in [-0.1, -0.05) is 0 Å². The highest BCUT2D eigenvalue weighted by Gasteiger charge is 2.13. The van der Waals surface area contributed by atoms with Gasteiger partial charge in [0.05, 0.1) is 0 Å². The molecule has 1 aromatic rings. The molecule has 1 atom stereocenters. The molecule has 15 heavy (non-hydrogen) atoms. The maximum Gasteiger partial charge on any atom is 0.291 e. The van der Waals surface area contributed by atoms with Crippen LogP contribution in [0.1, 0.15) is 29.8 Å². The van der Waals surface area contributed by atoms with Gasteiger partial charge in [-0.2, -0.15) is 0 Å². The van der Waals surface area contributed by atoms with Gasteiger partial charge in [-0.3, -0.25) is 9.89 Å². The van der Waals surface area contributed by atoms with Gasteiger partial charge in [0, 0.05) is 19.8 Å². The number of hydrogen-bond donors (Lipinski definition) is 2. The number of hydrogen-bond acceptors (Lipinski definition) is 4. The largest absolute Gasteiger partial charge is 0.385 e. The SMILES string of the molecule is COCCC(C)NC(=O)c1n[nH]c(C)n1. The summed E-state index contributed by atoms with van der Waals surface area (Å²) in [6.07, 6.45) is 0.769. The van der Waals surface area contributed by atoms with Crippen LogP contribution in [0.25, 0.3) is 0 Å². The number of H-pyrrole nitrogens is 1. The first kappa shape index (κ1) is 11.6. The first-order valence-corrected chi connectivity index (χ1v) is 4.82. The third-order valence-electron chi connectivity index (χ3n) is 1.93. The summed E-state index contributed by atoms with van der Waals surface area (Å²) in [5, 5.41) is 9.17. The second-order valence-electron chi connectivity index (χ2n) is 3.40. The Labute approximate surface area is 88.4 Å². The highest BCUT2D eigenvalue weighted by atomic mass is 16.5. The molecule has 1 amide bonds. The lowest BCUT2D eigenvalue weighted by molar-refractivity contribution is 0.0919. The van der Waals surface area contributed by atoms with E-state index in [1.165, 1.54) is 0 Å². The number of carbonyl (C=O) groups excluding carboxylic acids is 1. The molecule has 0 aliphatic carbocycles. The normalized spacial score (nSPS) is 12.5. The Morgan fingerprint density at radius 2 is 2.40 bits per heavy atom. The van der Waals surface area contributed by atoms with Crippen molar-refractivity contribution >= 4 is 5.91 Å². The van der Waals surface area contributed by atoms with Crippen LogP contribution in [0.5, 0.6) is 0 Å². The van der Waals surface area contributed by atoms with Crippen molar-refractivity contribution in [3.05, 3.63) is 11.6 Å². The molecule has 0 radical (unpaired) electrons. The van der Waals surface area contributed by atoms with Crippen LogP contribution in [0, 0.1) is 6.92 Å². The zero-order valence-electron chi connectivity index (χ0n) is 9.20. The predicted molar refractivity (Wildman–Crippen MR) is 54.5 cm³/mol. The molecule has 6 nitrogen and oxygen atoms in total. The van der Waals surface area contributed by atoms with E-state index in [0.717, 1.165) is 6.42 Å². The predicted octanol–water partition coefficient (Wildman–Crippen LogP) is 0.268. The number of aromatic nitrogens is 3. The van der Waals surface area contributed by atoms with Crippen molar-refractivity contribution in [3.8, 4) is 0 Å². The second kappa shape index (κ2) is 5.45. The van der Waals surface area contributed by atoms with Crippen LogP contribution in [-0.4, -0.2) is 40.8 Å². The van der Waals surface area contributed by atoms with Crippen LogP contribution in [0.4, 0.5) is 0 Å². The molecule has 0 saturated carbocycles. The van der Waals surface area contributed by atoms with E-state index in [-0.39, 0.29) is 17.8 Å². The Balaban J connectivity index is 2.42. The monoisotopic (exact) mass is 212 g/mol. The van der Waals surface area contributed by atoms with Crippen molar-refractivity contribution in [2.24, 2.45) is 0 Å². The lowest BCUT2D eigenvalue weighted by Gasteiger charge is -2.11. The van der Waals surface area contributed by atoms with Gasteiger partial charge < -0.3 is 10.1 Å². The summed E-state index contributed by atoms with van der Waals surface area (Å²) >= 11 is 0. The zero-order valence-corrected chi connectivity index (χ0v) is 9.20. The number of ether oxygens (including phenoxy) is 1. The number of nitrogens with one attached hydrogen (secondary N) is 2. The van der Waals surface area contributed by atoms with Gasteiger partial charge in [0.25, 0.3) is 5.91 Å². The Kier molecular flexibility index (Phi) is 4.23. The lowest BCUT2D eigenvalue weighted by atomic mass is 10.2. The summed E-state index contributed by atoms with van der Waals surface area (Å²) in [6, 6.07) is 0.0521. The first-order chi connectivity index (χ1) is 7.13. The van der Waals surface area contributed by atoms with Crippen LogP contribution in [-0.2, 0) is 4.74 Å². The number of methoxy groups -OCH3 is 1. The van der Waals surface area contributed by atoms with E-state index >= 15 is 0 Å². The van der Waals surface area contributed by atoms with Crippen LogP contribution >= 0.6 is 0 Å². The van der Waals surface area contributed by atoms with Gasteiger partial charge >= 0.3 is 0 Å². The van der Waals surface area contributed by atoms with E-state index in [4.69, 9.17) is 4.74 Å². The molecule has 6 heteroatoms. The van der Waals surface area contributed by atoms with Crippen LogP contribution in [0.2, 0.25) is 0 Å². The van der Waals surface area contributed by atoms with Crippen LogP contribution < -0.4 is 5.32 Å². The summed E-state index contributed by atoms with van der Waals surface area (Å²) in [4.78, 5) is 15.5. The molecule has 1 heterocycles. The summed E-state index contributed by atoms with van der Waals surface area (Å²) in [5.74, 6) is 0.546. The Hall–Kier alpha value is -1.43. The van der Waals surface area contributed by atoms with E-state index in [2.05, 4.69) is 20.5 Å². The average Bonchev–Trinajstić information content (AvgIpc) is 2.61. The molecular weight excluding hydrogens is 196 g/mol. The number of nitrogens with zero attached hydrogens (tertiary/aromatic N) is 2. The van der Waals surface area contributed by atoms with E-state index in [1.54, 1.807) is 14.0 Å². The molecule has 0 saturated heterocycles. The fraction of sp³-hybridized carbons (Fsp3) is 0.667. The molecule has 2 N–H and O–H groups in total. The molecule has 1 aromatic heterocycles. The Morgan fingerprint density at radius 3 is 2.93 bits per heavy atom. The average molecular weight is 212 g/mol. The summed E-state index contributed by atoms with van der Waals surface area (Å²) in [7, 11) is 1.63. The standard InChI is InChI=1S/C9H16N4O2/c1-6(4-5-15-3)10-9(14)8-11-7(2)12-13-8/h6H,4-5H2,1-3H3,(H,10,14)(H,11,12,13). The Bertz CT molecular complexity index is 324. The fourth-order valence-corrected chi connectivity index (χ4v) is 1.10. The minimum absolute atomic E-state index is 0.0521. The molecule has 1 rings (SSSR count). The number of aryl methyl sites for hydroxylation is 1. The van der Waals surface area contributed by atoms with Gasteiger partial charge in [-0.05, 0) is 20.3 Å². The van der Waals surface area contributed by atoms with Crippen molar-refractivity contribution in [2.75, 3.05) is 13.7 Å². The molecular formula is C9H16N4O2. The molecule has 0 aliphatic heterocycles. The molecule has 1 unspecified atom stereocenters. The number of rotatable bonds is 5. The zero-order chi connectivity index (χ0) is 11.3. The van der Waals surface area contributed by atoms with Crippen molar-refractivity contribution in [2.45, 2.75) is 26.3 Å². The smallest absolute Gasteiger partial charge is 0.291 e. The minimum atomic E-state index is -0.261. The van der Waals surface area contributed by atoms with Gasteiger partial charge in [0.15, 0.2) is 0 Å². The van der Waals surface area contributed by atoms with Crippen LogP contribution in [0.3, 0.4) is 0 Å². The van der Waals surface area contributed by atoms with Crippen molar-refractivity contribution < 1.29 is 9.53 Å². The first-order valence-electron chi connectivity index (χ1n) is 4.82. The van der Waals surface area contributed by atoms with Crippen molar-refractivity contribution in [1.82, 2.24) is 20.5 Å². The molecule has 0 aliphatic rings. The maximum atomic E-state index is 11.5. The van der Waals surface area contributed by atoms with Crippen LogP contribution in [0.15, 0.2) is 0 Å². The Morgan fingerprint density at radius 1 is 1.67 bits per heavy atom. The summed E-state index contributed by atoms with van der Waals surface area (Å²) < 4.78 is 4.92. The van der Waals surface area contributed by atoms with Gasteiger partial charge in [0.1, 0.15) is 5.82 Å². The lowest BCUT2D eigenvalue weighted by Crippen LogP contribution is -2.34. The minimum Gasteiger partial charge on any atom is -0.385 e. The topological polar surface area (TPSA) is 79.9 Å². The molecule has 0 aromatic carbocycles. The van der Waals surface area contributed by atoms with E-state index < -0.39 is 0 Å². The van der Waals surface area contributed by atoms with E-state index in [0.29, 0.717) is 12.4 Å². The number of aromatic amines is 1. The summed E-state index contributed by atoms with van der Waals surface area (Å²) in [6.45, 7) is 4.28. The molecule has 0 spiro atoms. The van der Waals surface area contributed by atoms with Gasteiger partial charge in [0.2, 0.25) is 5.82 Å². The maximum absolute atomic E-state index is 11.5. The molecule has 0 bridgehead atoms. The third kappa shape index (κ3) is 3.67. The number of amides is 1. The quantitative estimate of drug-likeness (QED) is 0.734. The number of carbonyl (C=O) groups is 1. The highest BCUT2D eigenvalue weighted by molar-refractivity contribution is 5.90. The fourth-order valence-electron chi connectivity index (χ4n) is 1.10. The van der Waals surface area contributed by atoms with E-state index in [1.807, 2.05) is 6.92 Å². The van der Waals surface area contributed by atoms with E-state index in [9.17, 15) is 4.79 Å². The molecule has 84 valence electrons. The van der Waals surface area contributed by atoms with Gasteiger partial charge in [-0.25, -0.2) is 4.98 Å². The second-order valence-corrected chi connectivity index (χ2v) is 3.40. The summed E-state index contributed by atoms with van der Waals surface area (Å²) in [5.41, 5.74) is 0. The van der Waals surface area contributed by atoms with Crippen molar-refractivity contribution in [3.63, 3.8) is 0 Å². The van der Waals surface area contributed by atoms with Crippen molar-refractivity contribution in [1.29, 1.82) is 0 Å². The third-order valence-corrected chi connectivity index (χ3v) is 1.93. The van der Waals surface area contributed by atoms with Gasteiger partial charge in [-0.15, -0.1) is 5.10 Å². The highest BCUT2D eigenvalue weighted by Crippen LogP contribution is 1.95.